The summed E-state index contributed by atoms with van der Waals surface area (Å²) in [7, 11) is 0. The van der Waals surface area contributed by atoms with Gasteiger partial charge in [0.25, 0.3) is 0 Å². The van der Waals surface area contributed by atoms with E-state index in [2.05, 4.69) is 24.1 Å². The van der Waals surface area contributed by atoms with E-state index in [4.69, 9.17) is 5.73 Å². The Hall–Kier alpha value is -0.320. The lowest BCUT2D eigenvalue weighted by molar-refractivity contribution is -0.120. The topological polar surface area (TPSA) is 58.4 Å². The lowest BCUT2D eigenvalue weighted by Crippen LogP contribution is -2.56. The number of hydrogen-bond donors (Lipinski definition) is 2. The third-order valence-electron chi connectivity index (χ3n) is 2.35. The van der Waals surface area contributed by atoms with Crippen LogP contribution in [0.2, 0.25) is 0 Å². The minimum absolute atomic E-state index is 0. The molecule has 3 N–H and O–H groups in total. The molecular formula is C8H18ClN3O. The Morgan fingerprint density at radius 3 is 2.31 bits per heavy atom. The van der Waals surface area contributed by atoms with E-state index in [0.29, 0.717) is 18.6 Å². The summed E-state index contributed by atoms with van der Waals surface area (Å²) in [6.45, 7) is 6.47. The number of halogens is 1. The van der Waals surface area contributed by atoms with Gasteiger partial charge >= 0.3 is 0 Å². The molecule has 0 aliphatic carbocycles. The van der Waals surface area contributed by atoms with Crippen molar-refractivity contribution in [2.45, 2.75) is 25.9 Å². The van der Waals surface area contributed by atoms with E-state index < -0.39 is 0 Å². The largest absolute Gasteiger partial charge is 0.369 e. The molecule has 0 saturated carbocycles. The molecule has 1 amide bonds. The van der Waals surface area contributed by atoms with Crippen LogP contribution < -0.4 is 11.1 Å². The van der Waals surface area contributed by atoms with Crippen molar-refractivity contribution in [2.75, 3.05) is 19.6 Å². The Balaban J connectivity index is 0.00000144. The number of nitrogens with one attached hydrogen (secondary N) is 1. The van der Waals surface area contributed by atoms with E-state index in [1.54, 1.807) is 0 Å². The number of nitrogens with zero attached hydrogens (tertiary/aromatic N) is 1. The quantitative estimate of drug-likeness (QED) is 0.647. The summed E-state index contributed by atoms with van der Waals surface area (Å²) in [6.07, 6.45) is 0. The van der Waals surface area contributed by atoms with Crippen LogP contribution in [-0.2, 0) is 4.79 Å². The van der Waals surface area contributed by atoms with Gasteiger partial charge in [0.1, 0.15) is 0 Å². The maximum Gasteiger partial charge on any atom is 0.231 e. The molecule has 78 valence electrons. The highest BCUT2D eigenvalue weighted by atomic mass is 35.5. The van der Waals surface area contributed by atoms with Crippen LogP contribution in [0.5, 0.6) is 0 Å². The first kappa shape index (κ1) is 12.7. The molecule has 0 unspecified atom stereocenters. The van der Waals surface area contributed by atoms with Gasteiger partial charge in [-0.15, -0.1) is 12.4 Å². The van der Waals surface area contributed by atoms with Gasteiger partial charge in [0.15, 0.2) is 0 Å². The molecule has 1 fully saturated rings. The van der Waals surface area contributed by atoms with Gasteiger partial charge in [0.05, 0.1) is 6.54 Å². The Bertz CT molecular complexity index is 167. The molecule has 1 aliphatic heterocycles. The average molecular weight is 208 g/mol. The number of hydrogen-bond acceptors (Lipinski definition) is 3. The first-order chi connectivity index (χ1) is 5.61. The summed E-state index contributed by atoms with van der Waals surface area (Å²) in [4.78, 5) is 12.9. The van der Waals surface area contributed by atoms with Gasteiger partial charge in [-0.1, -0.05) is 0 Å². The highest BCUT2D eigenvalue weighted by Gasteiger charge is 2.24. The maximum absolute atomic E-state index is 10.7. The summed E-state index contributed by atoms with van der Waals surface area (Å²) < 4.78 is 0. The summed E-state index contributed by atoms with van der Waals surface area (Å²) in [5, 5.41) is 3.29. The van der Waals surface area contributed by atoms with Gasteiger partial charge in [0, 0.05) is 25.2 Å². The van der Waals surface area contributed by atoms with Crippen LogP contribution in [-0.4, -0.2) is 42.5 Å². The van der Waals surface area contributed by atoms with Crippen molar-refractivity contribution in [3.05, 3.63) is 0 Å². The highest BCUT2D eigenvalue weighted by Crippen LogP contribution is 2.07. The molecular weight excluding hydrogens is 190 g/mol. The van der Waals surface area contributed by atoms with Crippen LogP contribution in [0, 0.1) is 0 Å². The second-order valence-corrected chi connectivity index (χ2v) is 3.49. The maximum atomic E-state index is 10.7. The van der Waals surface area contributed by atoms with E-state index in [9.17, 15) is 4.79 Å². The zero-order chi connectivity index (χ0) is 9.14. The zero-order valence-corrected chi connectivity index (χ0v) is 8.93. The van der Waals surface area contributed by atoms with E-state index in [0.717, 1.165) is 13.1 Å². The van der Waals surface area contributed by atoms with Crippen molar-refractivity contribution in [2.24, 2.45) is 5.73 Å². The number of nitrogens with two attached hydrogens (primary N) is 1. The number of piperazine rings is 1. The molecule has 13 heavy (non-hydrogen) atoms. The summed E-state index contributed by atoms with van der Waals surface area (Å²) >= 11 is 0. The van der Waals surface area contributed by atoms with Gasteiger partial charge in [-0.05, 0) is 13.8 Å². The van der Waals surface area contributed by atoms with Crippen LogP contribution in [0.4, 0.5) is 0 Å². The Kier molecular flexibility index (Phi) is 5.29. The van der Waals surface area contributed by atoms with Gasteiger partial charge in [-0.3, -0.25) is 9.69 Å². The minimum Gasteiger partial charge on any atom is -0.369 e. The molecule has 1 heterocycles. The van der Waals surface area contributed by atoms with Crippen molar-refractivity contribution in [3.63, 3.8) is 0 Å². The fourth-order valence-corrected chi connectivity index (χ4v) is 1.66. The Labute approximate surface area is 85.3 Å². The van der Waals surface area contributed by atoms with Crippen molar-refractivity contribution in [3.8, 4) is 0 Å². The zero-order valence-electron chi connectivity index (χ0n) is 8.12. The monoisotopic (exact) mass is 207 g/mol. The predicted octanol–water partition coefficient (Wildman–Crippen LogP) is -0.424. The Morgan fingerprint density at radius 2 is 1.92 bits per heavy atom. The van der Waals surface area contributed by atoms with Gasteiger partial charge in [-0.2, -0.15) is 0 Å². The number of primary amides is 1. The smallest absolute Gasteiger partial charge is 0.231 e. The second kappa shape index (κ2) is 5.42. The third-order valence-corrected chi connectivity index (χ3v) is 2.35. The van der Waals surface area contributed by atoms with E-state index >= 15 is 0 Å². The number of rotatable bonds is 2. The number of amides is 1. The molecule has 1 aliphatic rings. The molecule has 1 rings (SSSR count). The fourth-order valence-electron chi connectivity index (χ4n) is 1.66. The van der Waals surface area contributed by atoms with Crippen LogP contribution in [0.15, 0.2) is 0 Å². The van der Waals surface area contributed by atoms with Gasteiger partial charge < -0.3 is 11.1 Å². The van der Waals surface area contributed by atoms with Crippen molar-refractivity contribution in [1.29, 1.82) is 0 Å². The molecule has 2 atom stereocenters. The predicted molar refractivity (Wildman–Crippen MR) is 54.9 cm³/mol. The Morgan fingerprint density at radius 1 is 1.46 bits per heavy atom. The SMILES string of the molecule is C[C@@H]1CNC[C@@H](C)N1CC(N)=O.Cl. The van der Waals surface area contributed by atoms with E-state index in [1.165, 1.54) is 0 Å². The van der Waals surface area contributed by atoms with E-state index in [-0.39, 0.29) is 18.3 Å². The van der Waals surface area contributed by atoms with Crippen molar-refractivity contribution >= 4 is 18.3 Å². The van der Waals surface area contributed by atoms with Gasteiger partial charge in [0.2, 0.25) is 5.91 Å². The van der Waals surface area contributed by atoms with Crippen LogP contribution in [0.3, 0.4) is 0 Å². The molecule has 1 saturated heterocycles. The van der Waals surface area contributed by atoms with Crippen molar-refractivity contribution < 1.29 is 4.79 Å². The molecule has 0 aromatic heterocycles. The molecule has 0 spiro atoms. The minimum atomic E-state index is -0.240. The lowest BCUT2D eigenvalue weighted by atomic mass is 10.1. The molecule has 5 heteroatoms. The lowest BCUT2D eigenvalue weighted by Gasteiger charge is -2.38. The van der Waals surface area contributed by atoms with Crippen LogP contribution >= 0.6 is 12.4 Å². The fraction of sp³-hybridized carbons (Fsp3) is 0.875. The molecule has 0 aromatic rings. The standard InChI is InChI=1S/C8H17N3O.ClH/c1-6-3-10-4-7(2)11(6)5-8(9)12;/h6-7,10H,3-5H2,1-2H3,(H2,9,12);1H/t6-,7-;/m1./s1. The second-order valence-electron chi connectivity index (χ2n) is 3.49. The van der Waals surface area contributed by atoms with Gasteiger partial charge in [-0.25, -0.2) is 0 Å². The third kappa shape index (κ3) is 3.50. The average Bonchev–Trinajstić information content (AvgIpc) is 1.97. The first-order valence-electron chi connectivity index (χ1n) is 4.36. The number of carbonyl (C=O) groups excluding carboxylic acids is 1. The van der Waals surface area contributed by atoms with Crippen LogP contribution in [0.1, 0.15) is 13.8 Å². The highest BCUT2D eigenvalue weighted by molar-refractivity contribution is 5.85. The molecule has 0 radical (unpaired) electrons. The molecule has 4 nitrogen and oxygen atoms in total. The van der Waals surface area contributed by atoms with Crippen LogP contribution in [0.25, 0.3) is 0 Å². The molecule has 0 bridgehead atoms. The molecule has 0 aromatic carbocycles. The summed E-state index contributed by atoms with van der Waals surface area (Å²) in [5.41, 5.74) is 5.15. The number of carbonyl (C=O) groups is 1. The summed E-state index contributed by atoms with van der Waals surface area (Å²) in [5.74, 6) is -0.240. The normalized spacial score (nSPS) is 29.4. The summed E-state index contributed by atoms with van der Waals surface area (Å²) in [6, 6.07) is 0.808. The first-order valence-corrected chi connectivity index (χ1v) is 4.36. The van der Waals surface area contributed by atoms with E-state index in [1.807, 2.05) is 0 Å². The van der Waals surface area contributed by atoms with Crippen molar-refractivity contribution in [1.82, 2.24) is 10.2 Å².